The van der Waals surface area contributed by atoms with Gasteiger partial charge >= 0.3 is 0 Å². The normalized spacial score (nSPS) is 19.9. The van der Waals surface area contributed by atoms with E-state index in [1.165, 1.54) is 6.07 Å². The van der Waals surface area contributed by atoms with Crippen molar-refractivity contribution in [2.24, 2.45) is 0 Å². The van der Waals surface area contributed by atoms with Gasteiger partial charge in [0, 0.05) is 28.8 Å². The highest BCUT2D eigenvalue weighted by Crippen LogP contribution is 2.36. The van der Waals surface area contributed by atoms with Crippen molar-refractivity contribution in [3.05, 3.63) is 88.6 Å². The van der Waals surface area contributed by atoms with Gasteiger partial charge in [0.2, 0.25) is 5.88 Å². The second kappa shape index (κ2) is 11.4. The molecule has 2 aliphatic rings. The molecule has 0 saturated carbocycles. The summed E-state index contributed by atoms with van der Waals surface area (Å²) in [4.78, 5) is 24.3. The van der Waals surface area contributed by atoms with Crippen molar-refractivity contribution in [2.75, 3.05) is 26.3 Å². The van der Waals surface area contributed by atoms with E-state index in [1.807, 2.05) is 36.4 Å². The SMILES string of the molecule is CC(=O)c1ccc2nc3n(c2c1)[C@@H](C)COC[C@H]3N1CCC(c2cccc(OCc3ccc(C#N)cc3F)n2)CC1. The molecular weight excluding hydrogens is 521 g/mol. The third-order valence-corrected chi connectivity index (χ3v) is 8.19. The highest BCUT2D eigenvalue weighted by Gasteiger charge is 2.34. The molecule has 2 aromatic carbocycles. The zero-order valence-corrected chi connectivity index (χ0v) is 23.2. The van der Waals surface area contributed by atoms with E-state index < -0.39 is 5.82 Å². The standard InChI is InChI=1S/C32H32FN5O3/c1-20-17-40-19-30(32-36-28-9-8-24(21(2)39)15-29(28)38(20)32)37-12-10-23(11-13-37)27-4-3-5-31(35-27)41-18-25-7-6-22(16-34)14-26(25)33/h3-9,14-15,20,23,30H,10-13,17-19H2,1-2H3/t20-,30+/m0/s1. The fourth-order valence-electron chi connectivity index (χ4n) is 5.93. The van der Waals surface area contributed by atoms with E-state index in [4.69, 9.17) is 24.7 Å². The lowest BCUT2D eigenvalue weighted by Gasteiger charge is -2.36. The molecule has 8 nitrogen and oxygen atoms in total. The lowest BCUT2D eigenvalue weighted by molar-refractivity contribution is 0.0479. The minimum absolute atomic E-state index is 0.0269. The molecule has 9 heteroatoms. The third-order valence-electron chi connectivity index (χ3n) is 8.19. The molecular formula is C32H32FN5O3. The molecule has 0 spiro atoms. The molecule has 2 atom stereocenters. The molecule has 1 saturated heterocycles. The van der Waals surface area contributed by atoms with Crippen molar-refractivity contribution in [1.29, 1.82) is 5.26 Å². The smallest absolute Gasteiger partial charge is 0.213 e. The number of imidazole rings is 1. The first-order valence-electron chi connectivity index (χ1n) is 14.0. The Balaban J connectivity index is 1.15. The molecule has 0 radical (unpaired) electrons. The summed E-state index contributed by atoms with van der Waals surface area (Å²) in [7, 11) is 0. The number of nitrogens with zero attached hydrogens (tertiary/aromatic N) is 5. The summed E-state index contributed by atoms with van der Waals surface area (Å²) < 4.78 is 28.4. The molecule has 41 heavy (non-hydrogen) atoms. The van der Waals surface area contributed by atoms with Crippen molar-refractivity contribution in [3.8, 4) is 11.9 Å². The van der Waals surface area contributed by atoms with Gasteiger partial charge in [-0.1, -0.05) is 12.1 Å². The van der Waals surface area contributed by atoms with Crippen LogP contribution >= 0.6 is 0 Å². The van der Waals surface area contributed by atoms with Gasteiger partial charge in [-0.25, -0.2) is 14.4 Å². The first-order valence-corrected chi connectivity index (χ1v) is 14.0. The number of ether oxygens (including phenoxy) is 2. The molecule has 6 rings (SSSR count). The molecule has 0 bridgehead atoms. The minimum Gasteiger partial charge on any atom is -0.473 e. The Morgan fingerprint density at radius 1 is 1.12 bits per heavy atom. The highest BCUT2D eigenvalue weighted by atomic mass is 19.1. The van der Waals surface area contributed by atoms with Gasteiger partial charge in [-0.05, 0) is 76.2 Å². The van der Waals surface area contributed by atoms with Crippen molar-refractivity contribution in [2.45, 2.75) is 51.3 Å². The van der Waals surface area contributed by atoms with E-state index in [-0.39, 0.29) is 36.0 Å². The van der Waals surface area contributed by atoms with Crippen molar-refractivity contribution in [1.82, 2.24) is 19.4 Å². The number of hydrogen-bond acceptors (Lipinski definition) is 7. The Labute approximate surface area is 238 Å². The first kappa shape index (κ1) is 27.1. The van der Waals surface area contributed by atoms with Gasteiger partial charge in [-0.15, -0.1) is 0 Å². The average molecular weight is 554 g/mol. The summed E-state index contributed by atoms with van der Waals surface area (Å²) in [5, 5.41) is 8.95. The fraction of sp³-hybridized carbons (Fsp3) is 0.375. The van der Waals surface area contributed by atoms with Crippen molar-refractivity contribution < 1.29 is 18.7 Å². The van der Waals surface area contributed by atoms with Crippen LogP contribution in [0.3, 0.4) is 0 Å². The summed E-state index contributed by atoms with van der Waals surface area (Å²) >= 11 is 0. The van der Waals surface area contributed by atoms with Crippen LogP contribution < -0.4 is 4.74 Å². The number of aromatic nitrogens is 3. The predicted molar refractivity (Wildman–Crippen MR) is 151 cm³/mol. The van der Waals surface area contributed by atoms with Gasteiger partial charge in [0.25, 0.3) is 0 Å². The summed E-state index contributed by atoms with van der Waals surface area (Å²) in [6.45, 7) is 6.68. The summed E-state index contributed by atoms with van der Waals surface area (Å²) in [6, 6.07) is 17.9. The maximum atomic E-state index is 14.3. The number of hydrogen-bond donors (Lipinski definition) is 0. The maximum absolute atomic E-state index is 14.3. The Morgan fingerprint density at radius 2 is 1.95 bits per heavy atom. The number of fused-ring (bicyclic) bond motifs is 3. The monoisotopic (exact) mass is 553 g/mol. The number of nitriles is 1. The van der Waals surface area contributed by atoms with Crippen LogP contribution in [0.25, 0.3) is 11.0 Å². The van der Waals surface area contributed by atoms with Crippen LogP contribution in [0.15, 0.2) is 54.6 Å². The van der Waals surface area contributed by atoms with Crippen LogP contribution in [0, 0.1) is 17.1 Å². The molecule has 2 aliphatic heterocycles. The van der Waals surface area contributed by atoms with E-state index in [1.54, 1.807) is 25.1 Å². The summed E-state index contributed by atoms with van der Waals surface area (Å²) in [5.74, 6) is 1.32. The van der Waals surface area contributed by atoms with Crippen LogP contribution in [0.4, 0.5) is 4.39 Å². The lowest BCUT2D eigenvalue weighted by atomic mass is 9.92. The number of ketones is 1. The first-order chi connectivity index (χ1) is 19.9. The Morgan fingerprint density at radius 3 is 2.71 bits per heavy atom. The van der Waals surface area contributed by atoms with Crippen LogP contribution in [-0.4, -0.2) is 51.5 Å². The predicted octanol–water partition coefficient (Wildman–Crippen LogP) is 5.74. The van der Waals surface area contributed by atoms with Gasteiger partial charge in [-0.2, -0.15) is 5.26 Å². The molecule has 210 valence electrons. The highest BCUT2D eigenvalue weighted by molar-refractivity contribution is 5.97. The lowest BCUT2D eigenvalue weighted by Crippen LogP contribution is -2.38. The van der Waals surface area contributed by atoms with E-state index in [9.17, 15) is 9.18 Å². The fourth-order valence-corrected chi connectivity index (χ4v) is 5.93. The quantitative estimate of drug-likeness (QED) is 0.281. The van der Waals surface area contributed by atoms with E-state index in [0.29, 0.717) is 30.2 Å². The van der Waals surface area contributed by atoms with Crippen LogP contribution in [-0.2, 0) is 11.3 Å². The molecule has 0 unspecified atom stereocenters. The van der Waals surface area contributed by atoms with Gasteiger partial charge in [-0.3, -0.25) is 9.69 Å². The van der Waals surface area contributed by atoms with E-state index in [0.717, 1.165) is 48.5 Å². The van der Waals surface area contributed by atoms with E-state index >= 15 is 0 Å². The molecule has 0 N–H and O–H groups in total. The van der Waals surface area contributed by atoms with E-state index in [2.05, 4.69) is 16.4 Å². The van der Waals surface area contributed by atoms with Gasteiger partial charge < -0.3 is 14.0 Å². The van der Waals surface area contributed by atoms with Crippen molar-refractivity contribution >= 4 is 16.8 Å². The largest absolute Gasteiger partial charge is 0.473 e. The number of Topliss-reactive ketones (excluding diaryl/α,β-unsaturated/α-hetero) is 1. The molecule has 0 aliphatic carbocycles. The minimum atomic E-state index is -0.461. The Bertz CT molecular complexity index is 1640. The number of piperidine rings is 1. The van der Waals surface area contributed by atoms with Crippen LogP contribution in [0.2, 0.25) is 0 Å². The molecule has 1 fully saturated rings. The molecule has 4 aromatic rings. The number of halogens is 1. The number of benzene rings is 2. The molecule has 4 heterocycles. The Kier molecular flexibility index (Phi) is 7.52. The number of carbonyl (C=O) groups is 1. The van der Waals surface area contributed by atoms with Gasteiger partial charge in [0.1, 0.15) is 18.2 Å². The molecule has 2 aromatic heterocycles. The Hall–Kier alpha value is -4.13. The average Bonchev–Trinajstić information content (AvgIpc) is 3.29. The third kappa shape index (κ3) is 5.45. The number of rotatable bonds is 6. The van der Waals surface area contributed by atoms with Crippen LogP contribution in [0.5, 0.6) is 5.88 Å². The zero-order valence-electron chi connectivity index (χ0n) is 23.2. The van der Waals surface area contributed by atoms with Gasteiger partial charge in [0.15, 0.2) is 5.78 Å². The topological polar surface area (TPSA) is 93.3 Å². The summed E-state index contributed by atoms with van der Waals surface area (Å²) in [6.07, 6.45) is 1.86. The summed E-state index contributed by atoms with van der Waals surface area (Å²) in [5.41, 5.74) is 4.20. The number of likely N-dealkylation sites (tertiary alicyclic amines) is 1. The second-order valence-corrected chi connectivity index (χ2v) is 10.9. The number of pyridine rings is 1. The zero-order chi connectivity index (χ0) is 28.5. The van der Waals surface area contributed by atoms with Gasteiger partial charge in [0.05, 0.1) is 48.0 Å². The number of carbonyl (C=O) groups excluding carboxylic acids is 1. The van der Waals surface area contributed by atoms with Crippen LogP contribution in [0.1, 0.15) is 77.7 Å². The van der Waals surface area contributed by atoms with Crippen molar-refractivity contribution in [3.63, 3.8) is 0 Å². The second-order valence-electron chi connectivity index (χ2n) is 10.9. The molecule has 0 amide bonds. The maximum Gasteiger partial charge on any atom is 0.213 e.